The van der Waals surface area contributed by atoms with E-state index in [9.17, 15) is 4.39 Å². The Balaban J connectivity index is 1.71. The van der Waals surface area contributed by atoms with Crippen molar-refractivity contribution in [1.29, 1.82) is 0 Å². The van der Waals surface area contributed by atoms with E-state index in [4.69, 9.17) is 0 Å². The van der Waals surface area contributed by atoms with E-state index < -0.39 is 0 Å². The fraction of sp³-hybridized carbons (Fsp3) is 0.333. The Hall–Kier alpha value is -2.85. The van der Waals surface area contributed by atoms with E-state index in [2.05, 4.69) is 68.2 Å². The first-order valence-corrected chi connectivity index (χ1v) is 11.6. The predicted octanol–water partition coefficient (Wildman–Crippen LogP) is 8.08. The van der Waals surface area contributed by atoms with Crippen molar-refractivity contribution < 1.29 is 4.39 Å². The fourth-order valence-electron chi connectivity index (χ4n) is 4.01. The molecule has 0 nitrogen and oxygen atoms in total. The summed E-state index contributed by atoms with van der Waals surface area (Å²) in [5.41, 5.74) is 5.08. The molecular formula is C30H33F. The van der Waals surface area contributed by atoms with Crippen LogP contribution >= 0.6 is 0 Å². The van der Waals surface area contributed by atoms with Gasteiger partial charge in [-0.15, -0.1) is 0 Å². The van der Waals surface area contributed by atoms with Crippen LogP contribution in [0.2, 0.25) is 0 Å². The smallest absolute Gasteiger partial charge is 0.139 e. The Labute approximate surface area is 187 Å². The molecule has 31 heavy (non-hydrogen) atoms. The third kappa shape index (κ3) is 7.11. The molecule has 1 unspecified atom stereocenters. The standard InChI is InChI=1S/C30H33F/c1-3-5-7-13-29(27-11-8-6-9-12-27)22-26-19-21-28(30(31)23-26)20-18-25-16-14-24(10-4-2)15-17-25/h6,8-9,11-12,14-17,19,21,23,29H,3-5,7,10,13,22H2,1-2H3. The van der Waals surface area contributed by atoms with Crippen LogP contribution in [0.3, 0.4) is 0 Å². The number of aryl methyl sites for hydroxylation is 1. The van der Waals surface area contributed by atoms with E-state index in [0.29, 0.717) is 11.5 Å². The van der Waals surface area contributed by atoms with E-state index in [0.717, 1.165) is 36.8 Å². The highest BCUT2D eigenvalue weighted by Gasteiger charge is 2.13. The zero-order chi connectivity index (χ0) is 21.9. The van der Waals surface area contributed by atoms with Gasteiger partial charge in [-0.2, -0.15) is 0 Å². The van der Waals surface area contributed by atoms with Crippen molar-refractivity contribution >= 4 is 0 Å². The molecule has 0 N–H and O–H groups in total. The van der Waals surface area contributed by atoms with Crippen molar-refractivity contribution in [3.8, 4) is 11.8 Å². The molecule has 0 aliphatic rings. The van der Waals surface area contributed by atoms with Gasteiger partial charge in [0.15, 0.2) is 0 Å². The van der Waals surface area contributed by atoms with Gasteiger partial charge in [-0.1, -0.05) is 99.9 Å². The van der Waals surface area contributed by atoms with Gasteiger partial charge in [0.05, 0.1) is 5.56 Å². The summed E-state index contributed by atoms with van der Waals surface area (Å²) < 4.78 is 14.8. The second-order valence-electron chi connectivity index (χ2n) is 8.32. The second kappa shape index (κ2) is 12.1. The molecule has 3 aromatic rings. The molecule has 0 aliphatic carbocycles. The Morgan fingerprint density at radius 1 is 0.774 bits per heavy atom. The Kier molecular flexibility index (Phi) is 8.92. The maximum absolute atomic E-state index is 14.8. The van der Waals surface area contributed by atoms with E-state index in [1.165, 1.54) is 30.4 Å². The lowest BCUT2D eigenvalue weighted by Gasteiger charge is -2.18. The Morgan fingerprint density at radius 3 is 2.19 bits per heavy atom. The molecule has 160 valence electrons. The summed E-state index contributed by atoms with van der Waals surface area (Å²) in [6.45, 7) is 4.40. The Bertz CT molecular complexity index is 990. The van der Waals surface area contributed by atoms with Crippen LogP contribution in [0.15, 0.2) is 72.8 Å². The van der Waals surface area contributed by atoms with Gasteiger partial charge in [0, 0.05) is 5.56 Å². The highest BCUT2D eigenvalue weighted by atomic mass is 19.1. The monoisotopic (exact) mass is 412 g/mol. The molecule has 0 aliphatic heterocycles. The minimum absolute atomic E-state index is 0.229. The molecule has 0 bridgehead atoms. The molecule has 0 saturated heterocycles. The van der Waals surface area contributed by atoms with Gasteiger partial charge in [-0.05, 0) is 66.1 Å². The molecule has 0 heterocycles. The van der Waals surface area contributed by atoms with Crippen LogP contribution in [0.25, 0.3) is 0 Å². The lowest BCUT2D eigenvalue weighted by atomic mass is 9.87. The highest BCUT2D eigenvalue weighted by molar-refractivity contribution is 5.45. The Morgan fingerprint density at radius 2 is 1.52 bits per heavy atom. The molecule has 1 atom stereocenters. The lowest BCUT2D eigenvalue weighted by molar-refractivity contribution is 0.560. The maximum atomic E-state index is 14.8. The third-order valence-corrected chi connectivity index (χ3v) is 5.78. The van der Waals surface area contributed by atoms with Crippen molar-refractivity contribution in [2.24, 2.45) is 0 Å². The number of rotatable bonds is 9. The van der Waals surface area contributed by atoms with Gasteiger partial charge in [-0.25, -0.2) is 4.39 Å². The average molecular weight is 413 g/mol. The zero-order valence-corrected chi connectivity index (χ0v) is 18.8. The summed E-state index contributed by atoms with van der Waals surface area (Å²) in [5, 5.41) is 0. The van der Waals surface area contributed by atoms with Crippen molar-refractivity contribution in [1.82, 2.24) is 0 Å². The van der Waals surface area contributed by atoms with Crippen molar-refractivity contribution in [3.63, 3.8) is 0 Å². The normalized spacial score (nSPS) is 11.6. The summed E-state index contributed by atoms with van der Waals surface area (Å²) in [7, 11) is 0. The van der Waals surface area contributed by atoms with Crippen LogP contribution in [0.1, 0.15) is 79.7 Å². The van der Waals surface area contributed by atoms with Crippen LogP contribution in [-0.4, -0.2) is 0 Å². The molecule has 0 aromatic heterocycles. The van der Waals surface area contributed by atoms with E-state index in [1.807, 2.05) is 24.3 Å². The van der Waals surface area contributed by atoms with Gasteiger partial charge < -0.3 is 0 Å². The van der Waals surface area contributed by atoms with Gasteiger partial charge in [0.2, 0.25) is 0 Å². The molecule has 0 spiro atoms. The van der Waals surface area contributed by atoms with Crippen LogP contribution in [-0.2, 0) is 12.8 Å². The quantitative estimate of drug-likeness (QED) is 0.246. The average Bonchev–Trinajstić information content (AvgIpc) is 2.80. The number of unbranched alkanes of at least 4 members (excludes halogenated alkanes) is 2. The summed E-state index contributed by atoms with van der Waals surface area (Å²) in [6.07, 6.45) is 7.86. The topological polar surface area (TPSA) is 0 Å². The number of benzene rings is 3. The van der Waals surface area contributed by atoms with Gasteiger partial charge in [0.25, 0.3) is 0 Å². The van der Waals surface area contributed by atoms with Crippen molar-refractivity contribution in [2.45, 2.75) is 64.7 Å². The van der Waals surface area contributed by atoms with Gasteiger partial charge in [0.1, 0.15) is 5.82 Å². The minimum atomic E-state index is -0.229. The molecule has 1 heteroatoms. The van der Waals surface area contributed by atoms with E-state index in [-0.39, 0.29) is 5.82 Å². The first-order chi connectivity index (χ1) is 15.2. The third-order valence-electron chi connectivity index (χ3n) is 5.78. The largest absolute Gasteiger partial charge is 0.206 e. The van der Waals surface area contributed by atoms with Crippen molar-refractivity contribution in [3.05, 3.63) is 106 Å². The van der Waals surface area contributed by atoms with E-state index in [1.54, 1.807) is 6.07 Å². The van der Waals surface area contributed by atoms with Crippen LogP contribution in [0.5, 0.6) is 0 Å². The number of halogens is 1. The molecule has 0 saturated carbocycles. The molecular weight excluding hydrogens is 379 g/mol. The molecule has 3 rings (SSSR count). The first kappa shape index (κ1) is 22.8. The minimum Gasteiger partial charge on any atom is -0.206 e. The molecule has 0 radical (unpaired) electrons. The predicted molar refractivity (Wildman–Crippen MR) is 130 cm³/mol. The number of hydrogen-bond donors (Lipinski definition) is 0. The van der Waals surface area contributed by atoms with Crippen molar-refractivity contribution in [2.75, 3.05) is 0 Å². The lowest BCUT2D eigenvalue weighted by Crippen LogP contribution is -2.04. The van der Waals surface area contributed by atoms with Crippen LogP contribution in [0, 0.1) is 17.7 Å². The van der Waals surface area contributed by atoms with Gasteiger partial charge in [-0.3, -0.25) is 0 Å². The molecule has 0 fully saturated rings. The summed E-state index contributed by atoms with van der Waals surface area (Å²) in [4.78, 5) is 0. The maximum Gasteiger partial charge on any atom is 0.139 e. The SMILES string of the molecule is CCCCCC(Cc1ccc(C#Cc2ccc(CCC)cc2)c(F)c1)c1ccccc1. The summed E-state index contributed by atoms with van der Waals surface area (Å²) >= 11 is 0. The molecule has 3 aromatic carbocycles. The number of hydrogen-bond acceptors (Lipinski definition) is 0. The zero-order valence-electron chi connectivity index (χ0n) is 18.8. The highest BCUT2D eigenvalue weighted by Crippen LogP contribution is 2.27. The van der Waals surface area contributed by atoms with E-state index >= 15 is 0 Å². The van der Waals surface area contributed by atoms with Gasteiger partial charge >= 0.3 is 0 Å². The molecule has 0 amide bonds. The summed E-state index contributed by atoms with van der Waals surface area (Å²) in [6, 6.07) is 24.4. The first-order valence-electron chi connectivity index (χ1n) is 11.6. The summed E-state index contributed by atoms with van der Waals surface area (Å²) in [5.74, 6) is 6.30. The van der Waals surface area contributed by atoms with Crippen LogP contribution < -0.4 is 0 Å². The van der Waals surface area contributed by atoms with Crippen LogP contribution in [0.4, 0.5) is 4.39 Å². The second-order valence-corrected chi connectivity index (χ2v) is 8.32. The fourth-order valence-corrected chi connectivity index (χ4v) is 4.01.